The predicted molar refractivity (Wildman–Crippen MR) is 92.2 cm³/mol. The molecule has 3 rings (SSSR count). The molecule has 4 N–H and O–H groups in total. The van der Waals surface area contributed by atoms with Gasteiger partial charge in [-0.3, -0.25) is 4.79 Å². The predicted octanol–water partition coefficient (Wildman–Crippen LogP) is 1.16. The molecule has 1 aliphatic carbocycles. The molecule has 1 aromatic rings. The number of nitrogens with two attached hydrogens (primary N) is 1. The second kappa shape index (κ2) is 7.21. The van der Waals surface area contributed by atoms with E-state index in [0.29, 0.717) is 18.0 Å². The quantitative estimate of drug-likeness (QED) is 0.741. The molecule has 1 amide bonds. The normalized spacial score (nSPS) is 20.3. The van der Waals surface area contributed by atoms with Crippen LogP contribution in [0.1, 0.15) is 48.0 Å². The number of sulfonamides is 1. The zero-order valence-corrected chi connectivity index (χ0v) is 14.6. The van der Waals surface area contributed by atoms with Crippen molar-refractivity contribution in [3.63, 3.8) is 0 Å². The van der Waals surface area contributed by atoms with Crippen LogP contribution in [0.2, 0.25) is 0 Å². The highest BCUT2D eigenvalue weighted by Crippen LogP contribution is 2.27. The van der Waals surface area contributed by atoms with Gasteiger partial charge >= 0.3 is 0 Å². The molecule has 2 aliphatic rings. The van der Waals surface area contributed by atoms with E-state index in [-0.39, 0.29) is 23.4 Å². The number of benzene rings is 1. The Bertz CT molecular complexity index is 712. The van der Waals surface area contributed by atoms with E-state index in [9.17, 15) is 13.2 Å². The second-order valence-corrected chi connectivity index (χ2v) is 8.40. The van der Waals surface area contributed by atoms with Crippen molar-refractivity contribution in [2.45, 2.75) is 49.5 Å². The minimum Gasteiger partial charge on any atom is -0.352 e. The van der Waals surface area contributed by atoms with Gasteiger partial charge in [0.15, 0.2) is 0 Å². The summed E-state index contributed by atoms with van der Waals surface area (Å²) in [4.78, 5) is 12.1. The molecular weight excluding hydrogens is 326 g/mol. The highest BCUT2D eigenvalue weighted by molar-refractivity contribution is 7.89. The van der Waals surface area contributed by atoms with Gasteiger partial charge in [0, 0.05) is 24.7 Å². The molecule has 1 aliphatic heterocycles. The number of rotatable bonds is 5. The van der Waals surface area contributed by atoms with Crippen molar-refractivity contribution < 1.29 is 13.2 Å². The average Bonchev–Trinajstić information content (AvgIpc) is 2.60. The summed E-state index contributed by atoms with van der Waals surface area (Å²) in [6.45, 7) is 0.877. The van der Waals surface area contributed by atoms with Gasteiger partial charge in [0.1, 0.15) is 0 Å². The Balaban J connectivity index is 1.82. The molecule has 0 radical (unpaired) electrons. The summed E-state index contributed by atoms with van der Waals surface area (Å²) in [5.74, 6) is 0.0791. The maximum atomic E-state index is 12.7. The number of carbonyl (C=O) groups is 1. The zero-order valence-electron chi connectivity index (χ0n) is 13.8. The van der Waals surface area contributed by atoms with E-state index in [0.717, 1.165) is 37.7 Å². The number of carbonyl (C=O) groups excluding carboxylic acids is 1. The number of amides is 1. The van der Waals surface area contributed by atoms with Crippen LogP contribution < -0.4 is 15.8 Å². The van der Waals surface area contributed by atoms with Gasteiger partial charge in [0.25, 0.3) is 5.91 Å². The molecule has 1 unspecified atom stereocenters. The van der Waals surface area contributed by atoms with Crippen molar-refractivity contribution in [2.24, 2.45) is 11.7 Å². The third-order valence-corrected chi connectivity index (χ3v) is 6.58. The first-order valence-electron chi connectivity index (χ1n) is 8.65. The maximum absolute atomic E-state index is 12.7. The highest BCUT2D eigenvalue weighted by atomic mass is 32.2. The van der Waals surface area contributed by atoms with Crippen LogP contribution in [0.25, 0.3) is 0 Å². The van der Waals surface area contributed by atoms with Crippen molar-refractivity contribution >= 4 is 15.9 Å². The maximum Gasteiger partial charge on any atom is 0.251 e. The van der Waals surface area contributed by atoms with Gasteiger partial charge in [-0.05, 0) is 42.9 Å². The molecule has 0 aromatic heterocycles. The summed E-state index contributed by atoms with van der Waals surface area (Å²) in [6, 6.07) is 4.54. The topological polar surface area (TPSA) is 101 Å². The third-order valence-electron chi connectivity index (χ3n) is 5.10. The van der Waals surface area contributed by atoms with Gasteiger partial charge in [-0.25, -0.2) is 13.1 Å². The summed E-state index contributed by atoms with van der Waals surface area (Å²) in [5.41, 5.74) is 7.17. The average molecular weight is 351 g/mol. The zero-order chi connectivity index (χ0) is 17.2. The molecule has 1 heterocycles. The number of fused-ring (bicyclic) bond motifs is 1. The van der Waals surface area contributed by atoms with E-state index in [1.54, 1.807) is 12.1 Å². The summed E-state index contributed by atoms with van der Waals surface area (Å²) < 4.78 is 28.2. The lowest BCUT2D eigenvalue weighted by Gasteiger charge is -2.30. The number of hydrogen-bond acceptors (Lipinski definition) is 4. The fraction of sp³-hybridized carbons (Fsp3) is 0.588. The number of hydrogen-bond donors (Lipinski definition) is 3. The van der Waals surface area contributed by atoms with Crippen molar-refractivity contribution in [1.82, 2.24) is 10.0 Å². The van der Waals surface area contributed by atoms with Crippen molar-refractivity contribution in [2.75, 3.05) is 13.1 Å². The van der Waals surface area contributed by atoms with Crippen molar-refractivity contribution in [3.8, 4) is 0 Å². The third kappa shape index (κ3) is 3.63. The summed E-state index contributed by atoms with van der Waals surface area (Å²) in [6.07, 6.45) is 6.21. The fourth-order valence-corrected chi connectivity index (χ4v) is 5.04. The van der Waals surface area contributed by atoms with Crippen LogP contribution in [0.5, 0.6) is 0 Å². The molecule has 1 saturated carbocycles. The minimum atomic E-state index is -3.69. The SMILES string of the molecule is NCC(NS(=O)(=O)c1ccc2c(c1)C(=O)NCC2)C1CCCCC1. The van der Waals surface area contributed by atoms with E-state index in [1.165, 1.54) is 12.5 Å². The lowest BCUT2D eigenvalue weighted by Crippen LogP contribution is -2.45. The van der Waals surface area contributed by atoms with Crippen molar-refractivity contribution in [1.29, 1.82) is 0 Å². The molecule has 0 bridgehead atoms. The van der Waals surface area contributed by atoms with Crippen LogP contribution in [0, 0.1) is 5.92 Å². The first kappa shape index (κ1) is 17.4. The lowest BCUT2D eigenvalue weighted by molar-refractivity contribution is 0.0945. The van der Waals surface area contributed by atoms with Gasteiger partial charge in [-0.2, -0.15) is 0 Å². The van der Waals surface area contributed by atoms with E-state index in [4.69, 9.17) is 5.73 Å². The lowest BCUT2D eigenvalue weighted by atomic mass is 9.84. The van der Waals surface area contributed by atoms with Gasteiger partial charge in [0.2, 0.25) is 10.0 Å². The molecule has 132 valence electrons. The molecule has 6 nitrogen and oxygen atoms in total. The van der Waals surface area contributed by atoms with E-state index >= 15 is 0 Å². The summed E-state index contributed by atoms with van der Waals surface area (Å²) in [5, 5.41) is 2.75. The number of nitrogens with one attached hydrogen (secondary N) is 2. The Labute approximate surface area is 143 Å². The van der Waals surface area contributed by atoms with Gasteiger partial charge < -0.3 is 11.1 Å². The fourth-order valence-electron chi connectivity index (χ4n) is 3.70. The Kier molecular flexibility index (Phi) is 5.22. The largest absolute Gasteiger partial charge is 0.352 e. The monoisotopic (exact) mass is 351 g/mol. The molecule has 7 heteroatoms. The smallest absolute Gasteiger partial charge is 0.251 e. The summed E-state index contributed by atoms with van der Waals surface area (Å²) in [7, 11) is -3.69. The van der Waals surface area contributed by atoms with Gasteiger partial charge in [-0.15, -0.1) is 0 Å². The first-order valence-corrected chi connectivity index (χ1v) is 10.1. The van der Waals surface area contributed by atoms with Crippen LogP contribution in [-0.4, -0.2) is 33.5 Å². The Morgan fingerprint density at radius 3 is 2.71 bits per heavy atom. The Morgan fingerprint density at radius 2 is 2.00 bits per heavy atom. The Hall–Kier alpha value is -1.44. The molecule has 0 spiro atoms. The van der Waals surface area contributed by atoms with E-state index in [1.807, 2.05) is 0 Å². The highest BCUT2D eigenvalue weighted by Gasteiger charge is 2.28. The molecule has 1 fully saturated rings. The van der Waals surface area contributed by atoms with Crippen LogP contribution >= 0.6 is 0 Å². The van der Waals surface area contributed by atoms with Gasteiger partial charge in [-0.1, -0.05) is 25.3 Å². The Morgan fingerprint density at radius 1 is 1.25 bits per heavy atom. The summed E-state index contributed by atoms with van der Waals surface area (Å²) >= 11 is 0. The van der Waals surface area contributed by atoms with Crippen molar-refractivity contribution in [3.05, 3.63) is 29.3 Å². The molecule has 24 heavy (non-hydrogen) atoms. The van der Waals surface area contributed by atoms with Gasteiger partial charge in [0.05, 0.1) is 4.90 Å². The van der Waals surface area contributed by atoms with E-state index < -0.39 is 10.0 Å². The molecular formula is C17H25N3O3S. The van der Waals surface area contributed by atoms with E-state index in [2.05, 4.69) is 10.0 Å². The van der Waals surface area contributed by atoms with Crippen LogP contribution in [0.15, 0.2) is 23.1 Å². The van der Waals surface area contributed by atoms with Crippen LogP contribution in [0.4, 0.5) is 0 Å². The molecule has 1 atom stereocenters. The standard InChI is InChI=1S/C17H25N3O3S/c18-11-16(13-4-2-1-3-5-13)20-24(22,23)14-7-6-12-8-9-19-17(21)15(12)10-14/h6-7,10,13,16,20H,1-5,8-9,11,18H2,(H,19,21). The van der Waals surface area contributed by atoms with Crippen LogP contribution in [0.3, 0.4) is 0 Å². The minimum absolute atomic E-state index is 0.132. The molecule has 0 saturated heterocycles. The van der Waals surface area contributed by atoms with Crippen LogP contribution in [-0.2, 0) is 16.4 Å². The second-order valence-electron chi connectivity index (χ2n) is 6.69. The molecule has 1 aromatic carbocycles. The first-order chi connectivity index (χ1) is 11.5.